The first-order valence-electron chi connectivity index (χ1n) is 11.1. The molecule has 0 amide bonds. The normalized spacial score (nSPS) is 37.9. The van der Waals surface area contributed by atoms with Crippen LogP contribution in [0.1, 0.15) is 106 Å². The lowest BCUT2D eigenvalue weighted by Gasteiger charge is -2.42. The molecule has 0 N–H and O–H groups in total. The molecule has 5 heteroatoms. The van der Waals surface area contributed by atoms with Crippen molar-refractivity contribution in [3.63, 3.8) is 0 Å². The van der Waals surface area contributed by atoms with Gasteiger partial charge in [0.05, 0.1) is 6.10 Å². The van der Waals surface area contributed by atoms with Crippen LogP contribution < -0.4 is 0 Å². The highest BCUT2D eigenvalue weighted by atomic mass is 19.3. The van der Waals surface area contributed by atoms with Crippen molar-refractivity contribution < 1.29 is 22.3 Å². The van der Waals surface area contributed by atoms with E-state index in [9.17, 15) is 17.6 Å². The average molecular weight is 425 g/mol. The molecule has 0 aromatic rings. The van der Waals surface area contributed by atoms with Gasteiger partial charge >= 0.3 is 6.11 Å². The molecule has 0 radical (unpaired) electrons. The quantitative estimate of drug-likeness (QED) is 0.401. The van der Waals surface area contributed by atoms with Gasteiger partial charge in [-0.1, -0.05) is 54.4 Å². The molecule has 0 saturated heterocycles. The van der Waals surface area contributed by atoms with Gasteiger partial charge in [-0.15, -0.1) is 0 Å². The SMILES string of the molecule is C.C.CC1CCC(CC2CCC(C(F)(F)OC3CCC(C)CC3)C(F)(F)C2)CC1. The number of hydrogen-bond acceptors (Lipinski definition) is 1. The van der Waals surface area contributed by atoms with Crippen LogP contribution in [0.25, 0.3) is 0 Å². The van der Waals surface area contributed by atoms with E-state index in [1.54, 1.807) is 0 Å². The summed E-state index contributed by atoms with van der Waals surface area (Å²) in [5.41, 5.74) is 0. The molecule has 29 heavy (non-hydrogen) atoms. The molecule has 0 aliphatic heterocycles. The number of ether oxygens (including phenoxy) is 1. The number of halogens is 4. The Morgan fingerprint density at radius 3 is 1.76 bits per heavy atom. The fourth-order valence-corrected chi connectivity index (χ4v) is 5.55. The van der Waals surface area contributed by atoms with Crippen LogP contribution in [0.15, 0.2) is 0 Å². The van der Waals surface area contributed by atoms with E-state index < -0.39 is 30.5 Å². The second-order valence-electron chi connectivity index (χ2n) is 9.88. The molecule has 3 fully saturated rings. The van der Waals surface area contributed by atoms with Crippen LogP contribution in [-0.4, -0.2) is 18.1 Å². The Balaban J connectivity index is 0.00000210. The van der Waals surface area contributed by atoms with Gasteiger partial charge in [0.2, 0.25) is 0 Å². The molecule has 0 aromatic heterocycles. The van der Waals surface area contributed by atoms with Gasteiger partial charge in [-0.05, 0) is 68.6 Å². The van der Waals surface area contributed by atoms with Gasteiger partial charge in [-0.2, -0.15) is 8.78 Å². The summed E-state index contributed by atoms with van der Waals surface area (Å²) in [4.78, 5) is 0. The lowest BCUT2D eigenvalue weighted by atomic mass is 9.72. The minimum atomic E-state index is -3.72. The zero-order chi connectivity index (χ0) is 19.7. The van der Waals surface area contributed by atoms with Crippen LogP contribution >= 0.6 is 0 Å². The van der Waals surface area contributed by atoms with Crippen molar-refractivity contribution in [3.8, 4) is 0 Å². The topological polar surface area (TPSA) is 9.23 Å². The van der Waals surface area contributed by atoms with Crippen molar-refractivity contribution in [3.05, 3.63) is 0 Å². The van der Waals surface area contributed by atoms with Gasteiger partial charge in [-0.25, -0.2) is 8.78 Å². The molecule has 3 rings (SSSR count). The first-order chi connectivity index (χ1) is 12.7. The third-order valence-corrected chi connectivity index (χ3v) is 7.43. The maximum Gasteiger partial charge on any atom is 0.364 e. The number of rotatable bonds is 5. The van der Waals surface area contributed by atoms with Crippen molar-refractivity contribution in [1.82, 2.24) is 0 Å². The van der Waals surface area contributed by atoms with Gasteiger partial charge in [0.25, 0.3) is 5.92 Å². The Morgan fingerprint density at radius 1 is 0.759 bits per heavy atom. The minimum Gasteiger partial charge on any atom is -0.317 e. The highest BCUT2D eigenvalue weighted by Crippen LogP contribution is 2.51. The second kappa shape index (κ2) is 10.8. The summed E-state index contributed by atoms with van der Waals surface area (Å²) >= 11 is 0. The average Bonchev–Trinajstić information content (AvgIpc) is 2.58. The fraction of sp³-hybridized carbons (Fsp3) is 1.00. The summed E-state index contributed by atoms with van der Waals surface area (Å²) in [6.07, 6.45) is 3.76. The fourth-order valence-electron chi connectivity index (χ4n) is 5.55. The summed E-state index contributed by atoms with van der Waals surface area (Å²) < 4.78 is 63.6. The van der Waals surface area contributed by atoms with Crippen LogP contribution in [0.5, 0.6) is 0 Å². The van der Waals surface area contributed by atoms with E-state index in [0.717, 1.165) is 38.0 Å². The van der Waals surface area contributed by atoms with Gasteiger partial charge in [0.1, 0.15) is 5.92 Å². The summed E-state index contributed by atoms with van der Waals surface area (Å²) in [5.74, 6) is -3.68. The Bertz CT molecular complexity index is 466. The van der Waals surface area contributed by atoms with E-state index in [2.05, 4.69) is 13.8 Å². The van der Waals surface area contributed by atoms with E-state index in [0.29, 0.717) is 31.1 Å². The molecule has 0 heterocycles. The maximum atomic E-state index is 14.7. The van der Waals surface area contributed by atoms with Gasteiger partial charge in [0, 0.05) is 6.42 Å². The third kappa shape index (κ3) is 7.11. The van der Waals surface area contributed by atoms with Gasteiger partial charge in [-0.3, -0.25) is 0 Å². The van der Waals surface area contributed by atoms with Crippen LogP contribution in [0.4, 0.5) is 17.6 Å². The Hall–Kier alpha value is -0.320. The van der Waals surface area contributed by atoms with E-state index in [-0.39, 0.29) is 27.2 Å². The molecule has 0 bridgehead atoms. The van der Waals surface area contributed by atoms with Crippen molar-refractivity contribution >= 4 is 0 Å². The maximum absolute atomic E-state index is 14.7. The van der Waals surface area contributed by atoms with E-state index in [1.165, 1.54) is 12.8 Å². The molecule has 174 valence electrons. The van der Waals surface area contributed by atoms with Crippen LogP contribution in [0, 0.1) is 29.6 Å². The molecule has 0 spiro atoms. The zero-order valence-corrected chi connectivity index (χ0v) is 16.9. The third-order valence-electron chi connectivity index (χ3n) is 7.43. The molecule has 3 aliphatic carbocycles. The number of alkyl halides is 4. The van der Waals surface area contributed by atoms with E-state index in [4.69, 9.17) is 4.74 Å². The number of hydrogen-bond donors (Lipinski definition) is 0. The highest BCUT2D eigenvalue weighted by Gasteiger charge is 2.58. The molecular formula is C24H44F4O. The first kappa shape index (κ1) is 26.7. The molecule has 0 aromatic carbocycles. The standard InChI is InChI=1S/C22H36F4O.2CH4/c1-15-3-7-17(8-4-15)13-18-9-12-20(21(23,24)14-18)22(25,26)27-19-10-5-16(2)6-11-19;;/h15-20H,3-14H2,1-2H3;2*1H4. The lowest BCUT2D eigenvalue weighted by molar-refractivity contribution is -0.337. The molecule has 1 nitrogen and oxygen atoms in total. The summed E-state index contributed by atoms with van der Waals surface area (Å²) in [6, 6.07) is 0. The molecule has 2 atom stereocenters. The van der Waals surface area contributed by atoms with Crippen LogP contribution in [0.2, 0.25) is 0 Å². The van der Waals surface area contributed by atoms with Gasteiger partial charge in [0.15, 0.2) is 0 Å². The highest BCUT2D eigenvalue weighted by molar-refractivity contribution is 4.92. The monoisotopic (exact) mass is 424 g/mol. The van der Waals surface area contributed by atoms with Crippen molar-refractivity contribution in [2.75, 3.05) is 0 Å². The van der Waals surface area contributed by atoms with Crippen LogP contribution in [-0.2, 0) is 4.74 Å². The van der Waals surface area contributed by atoms with Gasteiger partial charge < -0.3 is 4.74 Å². The second-order valence-corrected chi connectivity index (χ2v) is 9.88. The van der Waals surface area contributed by atoms with E-state index in [1.807, 2.05) is 0 Å². The Kier molecular flexibility index (Phi) is 9.96. The van der Waals surface area contributed by atoms with Crippen LogP contribution in [0.3, 0.4) is 0 Å². The zero-order valence-electron chi connectivity index (χ0n) is 16.9. The van der Waals surface area contributed by atoms with E-state index >= 15 is 0 Å². The lowest BCUT2D eigenvalue weighted by Crippen LogP contribution is -2.49. The predicted octanol–water partition coefficient (Wildman–Crippen LogP) is 8.71. The Labute approximate surface area is 176 Å². The van der Waals surface area contributed by atoms with Crippen molar-refractivity contribution in [2.24, 2.45) is 29.6 Å². The summed E-state index contributed by atoms with van der Waals surface area (Å²) in [6.45, 7) is 4.33. The molecule has 3 saturated carbocycles. The summed E-state index contributed by atoms with van der Waals surface area (Å²) in [5, 5.41) is 0. The largest absolute Gasteiger partial charge is 0.364 e. The smallest absolute Gasteiger partial charge is 0.317 e. The predicted molar refractivity (Wildman–Crippen MR) is 112 cm³/mol. The summed E-state index contributed by atoms with van der Waals surface area (Å²) in [7, 11) is 0. The Morgan fingerprint density at radius 2 is 1.24 bits per heavy atom. The minimum absolute atomic E-state index is 0. The van der Waals surface area contributed by atoms with Crippen molar-refractivity contribution in [1.29, 1.82) is 0 Å². The molecule has 3 aliphatic rings. The molecular weight excluding hydrogens is 380 g/mol. The first-order valence-corrected chi connectivity index (χ1v) is 11.1. The molecule has 2 unspecified atom stereocenters. The van der Waals surface area contributed by atoms with Crippen molar-refractivity contribution in [2.45, 2.75) is 124 Å².